The van der Waals surface area contributed by atoms with Crippen molar-refractivity contribution in [3.05, 3.63) is 58.0 Å². The SMILES string of the molecule is CCOC(=O)c1c(NC(=O)c2ccc(N3C(=O)[C@@H]4[C@H](C3=O)[C@@H]3C=C[C@H]4C3)cc2)sc2c1CC(C)CC2. The van der Waals surface area contributed by atoms with Crippen molar-refractivity contribution < 1.29 is 23.9 Å². The van der Waals surface area contributed by atoms with Crippen molar-refractivity contribution in [3.63, 3.8) is 0 Å². The minimum absolute atomic E-state index is 0.142. The van der Waals surface area contributed by atoms with Gasteiger partial charge in [-0.2, -0.15) is 0 Å². The number of fused-ring (bicyclic) bond motifs is 6. The molecule has 0 spiro atoms. The van der Waals surface area contributed by atoms with Crippen LogP contribution in [0.2, 0.25) is 0 Å². The van der Waals surface area contributed by atoms with Crippen LogP contribution in [0.15, 0.2) is 36.4 Å². The monoisotopic (exact) mass is 504 g/mol. The van der Waals surface area contributed by atoms with Crippen LogP contribution in [0, 0.1) is 29.6 Å². The molecule has 36 heavy (non-hydrogen) atoms. The third-order valence-electron chi connectivity index (χ3n) is 8.07. The molecule has 1 unspecified atom stereocenters. The lowest BCUT2D eigenvalue weighted by atomic mass is 9.85. The number of nitrogens with one attached hydrogen (secondary N) is 1. The summed E-state index contributed by atoms with van der Waals surface area (Å²) < 4.78 is 5.30. The van der Waals surface area contributed by atoms with Crippen LogP contribution in [0.25, 0.3) is 0 Å². The normalized spacial score (nSPS) is 27.8. The highest BCUT2D eigenvalue weighted by Gasteiger charge is 2.59. The maximum atomic E-state index is 13.1. The van der Waals surface area contributed by atoms with Crippen LogP contribution in [-0.4, -0.2) is 30.3 Å². The number of esters is 1. The van der Waals surface area contributed by atoms with Gasteiger partial charge in [-0.05, 0) is 80.2 Å². The summed E-state index contributed by atoms with van der Waals surface area (Å²) in [6, 6.07) is 6.53. The first-order chi connectivity index (χ1) is 17.4. The van der Waals surface area contributed by atoms with Gasteiger partial charge in [0.1, 0.15) is 5.00 Å². The molecule has 3 amide bonds. The Kier molecular flexibility index (Phi) is 5.59. The minimum Gasteiger partial charge on any atom is -0.462 e. The van der Waals surface area contributed by atoms with Gasteiger partial charge < -0.3 is 10.1 Å². The Hall–Kier alpha value is -3.26. The van der Waals surface area contributed by atoms with E-state index in [1.54, 1.807) is 31.2 Å². The Bertz CT molecular complexity index is 1280. The highest BCUT2D eigenvalue weighted by molar-refractivity contribution is 7.17. The number of anilines is 2. The fourth-order valence-electron chi connectivity index (χ4n) is 6.36. The van der Waals surface area contributed by atoms with Gasteiger partial charge in [-0.25, -0.2) is 4.79 Å². The number of hydrogen-bond acceptors (Lipinski definition) is 6. The lowest BCUT2D eigenvalue weighted by Gasteiger charge is -2.18. The van der Waals surface area contributed by atoms with Gasteiger partial charge in [-0.15, -0.1) is 11.3 Å². The molecule has 1 saturated heterocycles. The molecule has 4 aliphatic rings. The van der Waals surface area contributed by atoms with Crippen molar-refractivity contribution >= 4 is 45.7 Å². The van der Waals surface area contributed by atoms with Gasteiger partial charge in [0.15, 0.2) is 0 Å². The molecule has 186 valence electrons. The molecular weight excluding hydrogens is 476 g/mol. The van der Waals surface area contributed by atoms with Crippen LogP contribution in [0.4, 0.5) is 10.7 Å². The molecule has 7 nitrogen and oxygen atoms in total. The average molecular weight is 505 g/mol. The number of hydrogen-bond donors (Lipinski definition) is 1. The number of ether oxygens (including phenoxy) is 1. The second-order valence-electron chi connectivity index (χ2n) is 10.3. The maximum absolute atomic E-state index is 13.1. The highest BCUT2D eigenvalue weighted by atomic mass is 32.1. The van der Waals surface area contributed by atoms with Gasteiger partial charge in [0.25, 0.3) is 5.91 Å². The van der Waals surface area contributed by atoms with E-state index in [-0.39, 0.29) is 48.0 Å². The number of carbonyl (C=O) groups excluding carboxylic acids is 4. The van der Waals surface area contributed by atoms with Crippen molar-refractivity contribution in [1.82, 2.24) is 0 Å². The minimum atomic E-state index is -0.408. The molecule has 2 heterocycles. The summed E-state index contributed by atoms with van der Waals surface area (Å²) in [7, 11) is 0. The van der Waals surface area contributed by atoms with E-state index in [0.717, 1.165) is 36.1 Å². The van der Waals surface area contributed by atoms with Gasteiger partial charge >= 0.3 is 5.97 Å². The van der Waals surface area contributed by atoms with E-state index in [2.05, 4.69) is 24.4 Å². The Morgan fingerprint density at radius 2 is 1.75 bits per heavy atom. The second kappa shape index (κ2) is 8.69. The van der Waals surface area contributed by atoms with E-state index >= 15 is 0 Å². The Labute approximate surface area is 213 Å². The van der Waals surface area contributed by atoms with E-state index in [4.69, 9.17) is 4.74 Å². The molecule has 1 aliphatic heterocycles. The fourth-order valence-corrected chi connectivity index (χ4v) is 7.59. The van der Waals surface area contributed by atoms with Crippen molar-refractivity contribution in [1.29, 1.82) is 0 Å². The van der Waals surface area contributed by atoms with Crippen molar-refractivity contribution in [2.75, 3.05) is 16.8 Å². The first-order valence-electron chi connectivity index (χ1n) is 12.7. The summed E-state index contributed by atoms with van der Waals surface area (Å²) in [6.45, 7) is 4.20. The maximum Gasteiger partial charge on any atom is 0.341 e. The van der Waals surface area contributed by atoms with E-state index in [1.165, 1.54) is 16.2 Å². The predicted molar refractivity (Wildman–Crippen MR) is 136 cm³/mol. The number of nitrogens with zero attached hydrogens (tertiary/aromatic N) is 1. The zero-order chi connectivity index (χ0) is 25.1. The smallest absolute Gasteiger partial charge is 0.341 e. The lowest BCUT2D eigenvalue weighted by molar-refractivity contribution is -0.123. The molecule has 2 bridgehead atoms. The summed E-state index contributed by atoms with van der Waals surface area (Å²) in [6.07, 6.45) is 7.76. The number of benzene rings is 1. The molecule has 1 saturated carbocycles. The molecule has 5 atom stereocenters. The third kappa shape index (κ3) is 3.53. The van der Waals surface area contributed by atoms with Gasteiger partial charge in [-0.3, -0.25) is 19.3 Å². The molecule has 6 rings (SSSR count). The third-order valence-corrected chi connectivity index (χ3v) is 9.28. The number of imide groups is 1. The first kappa shape index (κ1) is 23.2. The summed E-state index contributed by atoms with van der Waals surface area (Å²) in [4.78, 5) is 54.5. The molecule has 1 N–H and O–H groups in total. The Morgan fingerprint density at radius 3 is 2.39 bits per heavy atom. The topological polar surface area (TPSA) is 92.8 Å². The van der Waals surface area contributed by atoms with Gasteiger partial charge in [0, 0.05) is 10.4 Å². The van der Waals surface area contributed by atoms with Crippen molar-refractivity contribution in [3.8, 4) is 0 Å². The number of allylic oxidation sites excluding steroid dienone is 2. The van der Waals surface area contributed by atoms with Crippen molar-refractivity contribution in [2.24, 2.45) is 29.6 Å². The number of aryl methyl sites for hydroxylation is 1. The van der Waals surface area contributed by atoms with Crippen LogP contribution in [0.5, 0.6) is 0 Å². The predicted octanol–water partition coefficient (Wildman–Crippen LogP) is 4.61. The standard InChI is InChI=1S/C28H28N2O5S/c1-3-35-28(34)23-19-12-14(2)4-11-20(19)36-25(23)29-24(31)15-7-9-18(10-8-15)30-26(32)21-16-5-6-17(13-16)22(21)27(30)33/h5-10,14,16-17,21-22H,3-4,11-13H2,1-2H3,(H,29,31)/t14?,16-,17+,21-,22+. The molecule has 1 aromatic carbocycles. The summed E-state index contributed by atoms with van der Waals surface area (Å²) in [5.41, 5.74) is 2.33. The molecule has 1 aromatic heterocycles. The van der Waals surface area contributed by atoms with E-state index in [0.29, 0.717) is 27.7 Å². The second-order valence-corrected chi connectivity index (χ2v) is 11.4. The zero-order valence-corrected chi connectivity index (χ0v) is 21.1. The van der Waals surface area contributed by atoms with Gasteiger partial charge in [0.2, 0.25) is 11.8 Å². The number of thiophene rings is 1. The fraction of sp³-hybridized carbons (Fsp3) is 0.429. The Morgan fingerprint density at radius 1 is 1.08 bits per heavy atom. The van der Waals surface area contributed by atoms with E-state index in [1.807, 2.05) is 0 Å². The quantitative estimate of drug-likeness (QED) is 0.365. The molecule has 2 fully saturated rings. The Balaban J connectivity index is 1.22. The summed E-state index contributed by atoms with van der Waals surface area (Å²) in [5, 5.41) is 3.44. The number of amides is 3. The van der Waals surface area contributed by atoms with Crippen LogP contribution in [0.1, 0.15) is 57.8 Å². The average Bonchev–Trinajstić information content (AvgIpc) is 3.61. The molecule has 2 aromatic rings. The van der Waals surface area contributed by atoms with Crippen LogP contribution in [-0.2, 0) is 27.2 Å². The highest BCUT2D eigenvalue weighted by Crippen LogP contribution is 2.53. The lowest BCUT2D eigenvalue weighted by Crippen LogP contribution is -2.32. The number of carbonyl (C=O) groups is 4. The summed E-state index contributed by atoms with van der Waals surface area (Å²) in [5.74, 6) is -0.786. The molecular formula is C28H28N2O5S. The first-order valence-corrected chi connectivity index (χ1v) is 13.5. The largest absolute Gasteiger partial charge is 0.462 e. The van der Waals surface area contributed by atoms with E-state index in [9.17, 15) is 19.2 Å². The van der Waals surface area contributed by atoms with Crippen LogP contribution < -0.4 is 10.2 Å². The van der Waals surface area contributed by atoms with Gasteiger partial charge in [0.05, 0.1) is 29.7 Å². The van der Waals surface area contributed by atoms with E-state index < -0.39 is 5.97 Å². The van der Waals surface area contributed by atoms with Crippen LogP contribution >= 0.6 is 11.3 Å². The zero-order valence-electron chi connectivity index (χ0n) is 20.3. The molecule has 3 aliphatic carbocycles. The molecule has 8 heteroatoms. The van der Waals surface area contributed by atoms with Crippen LogP contribution in [0.3, 0.4) is 0 Å². The summed E-state index contributed by atoms with van der Waals surface area (Å²) >= 11 is 1.44. The van der Waals surface area contributed by atoms with Gasteiger partial charge in [-0.1, -0.05) is 19.1 Å². The molecule has 0 radical (unpaired) electrons. The number of rotatable bonds is 5. The van der Waals surface area contributed by atoms with Crippen molar-refractivity contribution in [2.45, 2.75) is 39.5 Å².